The number of nitrogens with one attached hydrogen (secondary N) is 1. The molecule has 1 N–H and O–H groups in total. The summed E-state index contributed by atoms with van der Waals surface area (Å²) >= 11 is 10.3. The molecule has 0 fully saturated rings. The maximum atomic E-state index is 12.3. The van der Waals surface area contributed by atoms with Crippen LogP contribution >= 0.6 is 47.8 Å². The van der Waals surface area contributed by atoms with Gasteiger partial charge in [0.05, 0.1) is 18.9 Å². The number of amides is 1. The van der Waals surface area contributed by atoms with Crippen molar-refractivity contribution in [2.24, 2.45) is 5.10 Å². The Morgan fingerprint density at radius 3 is 2.40 bits per heavy atom. The van der Waals surface area contributed by atoms with Gasteiger partial charge in [0.15, 0.2) is 0 Å². The van der Waals surface area contributed by atoms with Crippen molar-refractivity contribution >= 4 is 59.9 Å². The van der Waals surface area contributed by atoms with Gasteiger partial charge in [-0.2, -0.15) is 5.10 Å². The maximum absolute atomic E-state index is 12.3. The van der Waals surface area contributed by atoms with Crippen LogP contribution in [-0.4, -0.2) is 19.2 Å². The third-order valence-electron chi connectivity index (χ3n) is 4.08. The fourth-order valence-corrected chi connectivity index (χ4v) is 4.06. The third-order valence-corrected chi connectivity index (χ3v) is 5.80. The number of rotatable bonds is 7. The van der Waals surface area contributed by atoms with Gasteiger partial charge in [0.1, 0.15) is 18.1 Å². The molecule has 0 bridgehead atoms. The van der Waals surface area contributed by atoms with E-state index in [4.69, 9.17) is 9.47 Å². The summed E-state index contributed by atoms with van der Waals surface area (Å²) in [5.41, 5.74) is 4.78. The fourth-order valence-electron chi connectivity index (χ4n) is 2.53. The summed E-state index contributed by atoms with van der Waals surface area (Å²) in [5.74, 6) is 0.860. The summed E-state index contributed by atoms with van der Waals surface area (Å²) in [7, 11) is 1.52. The zero-order valence-corrected chi connectivity index (χ0v) is 20.6. The first kappa shape index (κ1) is 22.5. The molecule has 3 aromatic rings. The van der Waals surface area contributed by atoms with Crippen molar-refractivity contribution in [2.45, 2.75) is 6.61 Å². The summed E-state index contributed by atoms with van der Waals surface area (Å²) in [5, 5.41) is 4.02. The molecule has 0 aliphatic heterocycles. The first-order chi connectivity index (χ1) is 14.5. The molecule has 0 unspecified atom stereocenters. The molecule has 1 amide bonds. The number of ether oxygens (including phenoxy) is 2. The molecule has 0 spiro atoms. The number of hydrazone groups is 1. The van der Waals surface area contributed by atoms with Gasteiger partial charge in [-0.25, -0.2) is 5.43 Å². The average Bonchev–Trinajstić information content (AvgIpc) is 2.74. The Morgan fingerprint density at radius 1 is 1.00 bits per heavy atom. The molecule has 0 radical (unpaired) electrons. The van der Waals surface area contributed by atoms with Crippen LogP contribution in [0.5, 0.6) is 11.5 Å². The lowest BCUT2D eigenvalue weighted by Crippen LogP contribution is -2.18. The molecule has 0 aliphatic rings. The van der Waals surface area contributed by atoms with E-state index in [0.717, 1.165) is 30.3 Å². The van der Waals surface area contributed by atoms with E-state index in [9.17, 15) is 4.79 Å². The zero-order chi connectivity index (χ0) is 21.5. The van der Waals surface area contributed by atoms with E-state index in [2.05, 4.69) is 58.3 Å². The van der Waals surface area contributed by atoms with Gasteiger partial charge in [0, 0.05) is 19.0 Å². The van der Waals surface area contributed by atoms with Crippen molar-refractivity contribution in [1.29, 1.82) is 0 Å². The van der Waals surface area contributed by atoms with E-state index in [1.807, 2.05) is 42.5 Å². The van der Waals surface area contributed by atoms with Crippen LogP contribution in [0.1, 0.15) is 21.5 Å². The van der Waals surface area contributed by atoms with E-state index in [0.29, 0.717) is 17.9 Å². The number of carbonyl (C=O) groups excluding carboxylic acids is 1. The van der Waals surface area contributed by atoms with Crippen LogP contribution in [0.3, 0.4) is 0 Å². The summed E-state index contributed by atoms with van der Waals surface area (Å²) in [6.07, 6.45) is 1.57. The van der Waals surface area contributed by atoms with Gasteiger partial charge < -0.3 is 9.47 Å². The third kappa shape index (κ3) is 6.17. The summed E-state index contributed by atoms with van der Waals surface area (Å²) in [4.78, 5) is 12.3. The monoisotopic (exact) mass is 594 g/mol. The van der Waals surface area contributed by atoms with E-state index in [1.165, 1.54) is 7.11 Å². The standard InChI is InChI=1S/C22H17Br3N2O3/c1-29-21-9-6-16(23)10-19(21)22(28)27-26-12-14-2-7-18(8-3-14)30-13-15-4-5-17(24)11-20(15)25/h2-12H,13H2,1H3,(H,27,28)/b26-12+. The normalized spacial score (nSPS) is 10.8. The molecule has 0 aromatic heterocycles. The molecule has 0 atom stereocenters. The van der Waals surface area contributed by atoms with Crippen molar-refractivity contribution in [1.82, 2.24) is 5.43 Å². The summed E-state index contributed by atoms with van der Waals surface area (Å²) in [6, 6.07) is 18.6. The maximum Gasteiger partial charge on any atom is 0.275 e. The van der Waals surface area contributed by atoms with Gasteiger partial charge in [-0.05, 0) is 60.2 Å². The number of nitrogens with zero attached hydrogens (tertiary/aromatic N) is 1. The Kier molecular flexibility index (Phi) is 8.07. The van der Waals surface area contributed by atoms with Gasteiger partial charge in [0.2, 0.25) is 0 Å². The van der Waals surface area contributed by atoms with Gasteiger partial charge in [0.25, 0.3) is 5.91 Å². The lowest BCUT2D eigenvalue weighted by atomic mass is 10.2. The Balaban J connectivity index is 1.57. The quantitative estimate of drug-likeness (QED) is 0.256. The molecule has 30 heavy (non-hydrogen) atoms. The van der Waals surface area contributed by atoms with Gasteiger partial charge in [-0.1, -0.05) is 53.9 Å². The second-order valence-corrected chi connectivity index (χ2v) is 8.82. The van der Waals surface area contributed by atoms with Crippen LogP contribution < -0.4 is 14.9 Å². The molecular formula is C22H17Br3N2O3. The number of methoxy groups -OCH3 is 1. The molecule has 3 rings (SSSR count). The van der Waals surface area contributed by atoms with Crippen molar-refractivity contribution in [2.75, 3.05) is 7.11 Å². The van der Waals surface area contributed by atoms with Gasteiger partial charge >= 0.3 is 0 Å². The number of hydrogen-bond acceptors (Lipinski definition) is 4. The van der Waals surface area contributed by atoms with Crippen LogP contribution in [0, 0.1) is 0 Å². The number of benzene rings is 3. The van der Waals surface area contributed by atoms with Crippen LogP contribution in [-0.2, 0) is 6.61 Å². The Labute approximate surface area is 199 Å². The minimum Gasteiger partial charge on any atom is -0.496 e. The lowest BCUT2D eigenvalue weighted by molar-refractivity contribution is 0.0952. The van der Waals surface area contributed by atoms with Crippen molar-refractivity contribution < 1.29 is 14.3 Å². The predicted molar refractivity (Wildman–Crippen MR) is 128 cm³/mol. The van der Waals surface area contributed by atoms with Gasteiger partial charge in [-0.15, -0.1) is 0 Å². The second-order valence-electron chi connectivity index (χ2n) is 6.14. The smallest absolute Gasteiger partial charge is 0.275 e. The highest BCUT2D eigenvalue weighted by atomic mass is 79.9. The molecule has 0 aliphatic carbocycles. The highest BCUT2D eigenvalue weighted by Crippen LogP contribution is 2.24. The zero-order valence-electron chi connectivity index (χ0n) is 15.9. The topological polar surface area (TPSA) is 59.9 Å². The summed E-state index contributed by atoms with van der Waals surface area (Å²) < 4.78 is 13.8. The van der Waals surface area contributed by atoms with Crippen LogP contribution in [0.4, 0.5) is 0 Å². The van der Waals surface area contributed by atoms with Crippen LogP contribution in [0.15, 0.2) is 79.2 Å². The first-order valence-electron chi connectivity index (χ1n) is 8.80. The molecule has 0 heterocycles. The van der Waals surface area contributed by atoms with E-state index >= 15 is 0 Å². The SMILES string of the molecule is COc1ccc(Br)cc1C(=O)N/N=C/c1ccc(OCc2ccc(Br)cc2Br)cc1. The minimum absolute atomic E-state index is 0.357. The highest BCUT2D eigenvalue weighted by Gasteiger charge is 2.12. The number of hydrogen-bond donors (Lipinski definition) is 1. The van der Waals surface area contributed by atoms with E-state index in [-0.39, 0.29) is 5.91 Å². The first-order valence-corrected chi connectivity index (χ1v) is 11.2. The van der Waals surface area contributed by atoms with Crippen molar-refractivity contribution in [3.63, 3.8) is 0 Å². The number of halogens is 3. The average molecular weight is 597 g/mol. The molecular weight excluding hydrogens is 580 g/mol. The van der Waals surface area contributed by atoms with Crippen LogP contribution in [0.2, 0.25) is 0 Å². The largest absolute Gasteiger partial charge is 0.496 e. The Bertz CT molecular complexity index is 1070. The predicted octanol–water partition coefficient (Wildman–Crippen LogP) is 6.33. The lowest BCUT2D eigenvalue weighted by Gasteiger charge is -2.08. The van der Waals surface area contributed by atoms with Crippen LogP contribution in [0.25, 0.3) is 0 Å². The van der Waals surface area contributed by atoms with Crippen molar-refractivity contribution in [3.05, 3.63) is 90.8 Å². The van der Waals surface area contributed by atoms with Crippen molar-refractivity contribution in [3.8, 4) is 11.5 Å². The molecule has 3 aromatic carbocycles. The van der Waals surface area contributed by atoms with E-state index < -0.39 is 0 Å². The van der Waals surface area contributed by atoms with Gasteiger partial charge in [-0.3, -0.25) is 4.79 Å². The second kappa shape index (κ2) is 10.7. The summed E-state index contributed by atoms with van der Waals surface area (Å²) in [6.45, 7) is 0.450. The number of carbonyl (C=O) groups is 1. The highest BCUT2D eigenvalue weighted by molar-refractivity contribution is 9.11. The fraction of sp³-hybridized carbons (Fsp3) is 0.0909. The Hall–Kier alpha value is -2.16. The molecule has 0 saturated heterocycles. The molecule has 0 saturated carbocycles. The minimum atomic E-state index is -0.357. The molecule has 154 valence electrons. The molecule has 8 heteroatoms. The Morgan fingerprint density at radius 2 is 1.70 bits per heavy atom. The molecule has 5 nitrogen and oxygen atoms in total. The van der Waals surface area contributed by atoms with E-state index in [1.54, 1.807) is 24.4 Å².